The summed E-state index contributed by atoms with van der Waals surface area (Å²) < 4.78 is 41.8. The van der Waals surface area contributed by atoms with Crippen molar-refractivity contribution in [1.82, 2.24) is 5.32 Å². The molecule has 0 aromatic carbocycles. The zero-order chi connectivity index (χ0) is 15.4. The maximum Gasteiger partial charge on any atom is 0.471 e. The fraction of sp³-hybridized carbons (Fsp3) is 0.818. The molecule has 19 heavy (non-hydrogen) atoms. The van der Waals surface area contributed by atoms with Crippen molar-refractivity contribution in [2.45, 2.75) is 52.1 Å². The third kappa shape index (κ3) is 6.60. The van der Waals surface area contributed by atoms with Gasteiger partial charge in [-0.3, -0.25) is 9.59 Å². The van der Waals surface area contributed by atoms with Crippen LogP contribution >= 0.6 is 0 Å². The molecule has 2 atom stereocenters. The molecule has 1 unspecified atom stereocenters. The van der Waals surface area contributed by atoms with Gasteiger partial charge in [-0.05, 0) is 25.6 Å². The number of carbonyl (C=O) groups is 2. The highest BCUT2D eigenvalue weighted by Gasteiger charge is 2.42. The molecule has 1 amide bonds. The van der Waals surface area contributed by atoms with E-state index in [1.807, 2.05) is 0 Å². The second kappa shape index (κ2) is 6.40. The van der Waals surface area contributed by atoms with Crippen LogP contribution in [0, 0.1) is 5.92 Å². The molecule has 1 N–H and O–H groups in total. The van der Waals surface area contributed by atoms with Crippen molar-refractivity contribution in [3.05, 3.63) is 0 Å². The van der Waals surface area contributed by atoms with E-state index in [0.717, 1.165) is 0 Å². The average Bonchev–Trinajstić information content (AvgIpc) is 2.20. The lowest BCUT2D eigenvalue weighted by Gasteiger charge is -2.27. The quantitative estimate of drug-likeness (QED) is 0.793. The molecule has 0 aromatic rings. The number of halogens is 3. The highest BCUT2D eigenvalue weighted by Crippen LogP contribution is 2.18. The van der Waals surface area contributed by atoms with Crippen molar-refractivity contribution >= 4 is 20.2 Å². The van der Waals surface area contributed by atoms with Crippen LogP contribution in [0.4, 0.5) is 13.2 Å². The topological polar surface area (TPSA) is 55.4 Å². The van der Waals surface area contributed by atoms with Crippen molar-refractivity contribution in [2.24, 2.45) is 5.92 Å². The Labute approximate surface area is 111 Å². The van der Waals surface area contributed by atoms with Gasteiger partial charge in [0.05, 0.1) is 0 Å². The van der Waals surface area contributed by atoms with Crippen molar-refractivity contribution in [1.29, 1.82) is 0 Å². The van der Waals surface area contributed by atoms with E-state index in [-0.39, 0.29) is 0 Å². The SMILES string of the molecule is CCC(C)[C@H](NC(=O)C(F)(F)F)C(=O)O[Si](C)(C)C. The van der Waals surface area contributed by atoms with Crippen LogP contribution in [0.25, 0.3) is 0 Å². The van der Waals surface area contributed by atoms with Gasteiger partial charge in [0.2, 0.25) is 8.32 Å². The summed E-state index contributed by atoms with van der Waals surface area (Å²) in [6.45, 7) is 8.53. The van der Waals surface area contributed by atoms with E-state index in [1.54, 1.807) is 38.8 Å². The number of hydrogen-bond acceptors (Lipinski definition) is 3. The summed E-state index contributed by atoms with van der Waals surface area (Å²) in [5.74, 6) is -3.36. The second-order valence-corrected chi connectivity index (χ2v) is 9.80. The maximum absolute atomic E-state index is 12.2. The predicted molar refractivity (Wildman–Crippen MR) is 66.9 cm³/mol. The van der Waals surface area contributed by atoms with Gasteiger partial charge in [-0.1, -0.05) is 20.3 Å². The molecule has 0 bridgehead atoms. The zero-order valence-electron chi connectivity index (χ0n) is 11.7. The first-order valence-electron chi connectivity index (χ1n) is 5.99. The minimum absolute atomic E-state index is 0.435. The molecule has 0 rings (SSSR count). The van der Waals surface area contributed by atoms with E-state index in [1.165, 1.54) is 0 Å². The number of carbonyl (C=O) groups excluding carboxylic acids is 2. The van der Waals surface area contributed by atoms with Gasteiger partial charge in [0.1, 0.15) is 6.04 Å². The Morgan fingerprint density at radius 2 is 1.74 bits per heavy atom. The van der Waals surface area contributed by atoms with Crippen LogP contribution in [-0.2, 0) is 14.0 Å². The number of hydrogen-bond donors (Lipinski definition) is 1. The third-order valence-corrected chi connectivity index (χ3v) is 3.23. The molecule has 0 saturated heterocycles. The number of amides is 1. The van der Waals surface area contributed by atoms with Crippen LogP contribution in [0.2, 0.25) is 19.6 Å². The first-order chi connectivity index (χ1) is 8.38. The molecule has 0 aromatic heterocycles. The van der Waals surface area contributed by atoms with Gasteiger partial charge in [0.15, 0.2) is 0 Å². The molecule has 0 aliphatic rings. The van der Waals surface area contributed by atoms with Crippen molar-refractivity contribution in [2.75, 3.05) is 0 Å². The smallest absolute Gasteiger partial charge is 0.471 e. The molecular formula is C11H20F3NO3Si. The summed E-state index contributed by atoms with van der Waals surface area (Å²) in [5.41, 5.74) is 0. The van der Waals surface area contributed by atoms with Crippen molar-refractivity contribution in [3.8, 4) is 0 Å². The van der Waals surface area contributed by atoms with Gasteiger partial charge in [-0.15, -0.1) is 0 Å². The van der Waals surface area contributed by atoms with E-state index in [0.29, 0.717) is 6.42 Å². The van der Waals surface area contributed by atoms with Gasteiger partial charge in [-0.25, -0.2) is 0 Å². The summed E-state index contributed by atoms with van der Waals surface area (Å²) >= 11 is 0. The van der Waals surface area contributed by atoms with Crippen LogP contribution in [0.15, 0.2) is 0 Å². The Hall–Kier alpha value is -1.05. The van der Waals surface area contributed by atoms with Gasteiger partial charge >= 0.3 is 18.1 Å². The van der Waals surface area contributed by atoms with Crippen LogP contribution in [0.3, 0.4) is 0 Å². The van der Waals surface area contributed by atoms with Gasteiger partial charge in [-0.2, -0.15) is 13.2 Å². The number of nitrogens with one attached hydrogen (secondary N) is 1. The molecule has 0 radical (unpaired) electrons. The van der Waals surface area contributed by atoms with Gasteiger partial charge < -0.3 is 9.74 Å². The summed E-state index contributed by atoms with van der Waals surface area (Å²) in [5, 5.41) is 1.71. The van der Waals surface area contributed by atoms with Crippen molar-refractivity contribution in [3.63, 3.8) is 0 Å². The Kier molecular flexibility index (Phi) is 6.05. The standard InChI is InChI=1S/C11H20F3NO3Si/c1-6-7(2)8(9(16)18-19(3,4)5)15-10(17)11(12,13)14/h7-8H,6H2,1-5H3,(H,15,17)/t7?,8-/m0/s1. The highest BCUT2D eigenvalue weighted by atomic mass is 28.4. The summed E-state index contributed by atoms with van der Waals surface area (Å²) in [7, 11) is -2.22. The minimum atomic E-state index is -5.01. The lowest BCUT2D eigenvalue weighted by molar-refractivity contribution is -0.175. The summed E-state index contributed by atoms with van der Waals surface area (Å²) in [4.78, 5) is 22.8. The molecule has 8 heteroatoms. The maximum atomic E-state index is 12.2. The monoisotopic (exact) mass is 299 g/mol. The normalized spacial score (nSPS) is 15.6. The first kappa shape index (κ1) is 17.9. The van der Waals surface area contributed by atoms with Crippen LogP contribution in [0.5, 0.6) is 0 Å². The highest BCUT2D eigenvalue weighted by molar-refractivity contribution is 6.71. The predicted octanol–water partition coefficient (Wildman–Crippen LogP) is 2.46. The molecule has 0 fully saturated rings. The third-order valence-electron chi connectivity index (χ3n) is 2.42. The van der Waals surface area contributed by atoms with E-state index in [2.05, 4.69) is 0 Å². The molecule has 0 aliphatic heterocycles. The largest absolute Gasteiger partial charge is 0.518 e. The van der Waals surface area contributed by atoms with E-state index in [9.17, 15) is 22.8 Å². The molecule has 0 saturated carbocycles. The zero-order valence-corrected chi connectivity index (χ0v) is 12.7. The summed E-state index contributed by atoms with van der Waals surface area (Å²) in [6.07, 6.45) is -4.56. The Bertz CT molecular complexity index is 339. The molecular weight excluding hydrogens is 279 g/mol. The fourth-order valence-electron chi connectivity index (χ4n) is 1.26. The van der Waals surface area contributed by atoms with Crippen LogP contribution < -0.4 is 5.32 Å². The van der Waals surface area contributed by atoms with Crippen LogP contribution in [0.1, 0.15) is 20.3 Å². The molecule has 4 nitrogen and oxygen atoms in total. The Balaban J connectivity index is 4.93. The number of rotatable bonds is 5. The molecule has 0 spiro atoms. The molecule has 0 heterocycles. The average molecular weight is 299 g/mol. The fourth-order valence-corrected chi connectivity index (χ4v) is 1.99. The Morgan fingerprint density at radius 3 is 2.05 bits per heavy atom. The minimum Gasteiger partial charge on any atom is -0.518 e. The summed E-state index contributed by atoms with van der Waals surface area (Å²) in [6, 6.07) is -1.27. The van der Waals surface area contributed by atoms with E-state index in [4.69, 9.17) is 4.43 Å². The van der Waals surface area contributed by atoms with Crippen LogP contribution in [-0.4, -0.2) is 32.4 Å². The van der Waals surface area contributed by atoms with E-state index >= 15 is 0 Å². The van der Waals surface area contributed by atoms with Gasteiger partial charge in [0.25, 0.3) is 0 Å². The van der Waals surface area contributed by atoms with E-state index < -0.39 is 38.3 Å². The lowest BCUT2D eigenvalue weighted by atomic mass is 9.99. The first-order valence-corrected chi connectivity index (χ1v) is 9.40. The Morgan fingerprint density at radius 1 is 1.26 bits per heavy atom. The second-order valence-electron chi connectivity index (χ2n) is 5.37. The molecule has 112 valence electrons. The number of alkyl halides is 3. The van der Waals surface area contributed by atoms with Gasteiger partial charge in [0, 0.05) is 0 Å². The lowest BCUT2D eigenvalue weighted by Crippen LogP contribution is -2.52. The van der Waals surface area contributed by atoms with Crippen molar-refractivity contribution < 1.29 is 27.2 Å². The molecule has 0 aliphatic carbocycles.